The van der Waals surface area contributed by atoms with Gasteiger partial charge in [0.1, 0.15) is 5.82 Å². The molecular weight excluding hydrogens is 217 g/mol. The lowest BCUT2D eigenvalue weighted by Gasteiger charge is -2.04. The van der Waals surface area contributed by atoms with Crippen LogP contribution in [0, 0.1) is 5.82 Å². The molecule has 1 aromatic carbocycles. The van der Waals surface area contributed by atoms with Crippen LogP contribution in [0.3, 0.4) is 0 Å². The molecule has 1 heterocycles. The van der Waals surface area contributed by atoms with E-state index >= 15 is 0 Å². The van der Waals surface area contributed by atoms with Gasteiger partial charge in [-0.3, -0.25) is 4.68 Å². The summed E-state index contributed by atoms with van der Waals surface area (Å²) in [6.07, 6.45) is 3.68. The van der Waals surface area contributed by atoms with Gasteiger partial charge in [-0.25, -0.2) is 4.39 Å². The molecule has 0 bridgehead atoms. The third-order valence-electron chi connectivity index (χ3n) is 2.71. The summed E-state index contributed by atoms with van der Waals surface area (Å²) in [5, 5.41) is 7.12. The fraction of sp³-hybridized carbons (Fsp3) is 0.308. The minimum absolute atomic E-state index is 0.180. The summed E-state index contributed by atoms with van der Waals surface area (Å²) < 4.78 is 15.6. The summed E-state index contributed by atoms with van der Waals surface area (Å²) in [6.45, 7) is 3.38. The first-order valence-corrected chi connectivity index (χ1v) is 5.70. The number of benzene rings is 1. The van der Waals surface area contributed by atoms with E-state index < -0.39 is 0 Å². The average molecular weight is 233 g/mol. The van der Waals surface area contributed by atoms with Crippen molar-refractivity contribution in [1.29, 1.82) is 0 Å². The lowest BCUT2D eigenvalue weighted by atomic mass is 10.1. The Balaban J connectivity index is 2.30. The summed E-state index contributed by atoms with van der Waals surface area (Å²) in [5.41, 5.74) is 2.49. The molecule has 0 atom stereocenters. The van der Waals surface area contributed by atoms with Crippen LogP contribution >= 0.6 is 0 Å². The molecule has 0 saturated heterocycles. The number of nitrogens with zero attached hydrogens (tertiary/aromatic N) is 2. The maximum Gasteiger partial charge on any atom is 0.128 e. The number of nitrogens with one attached hydrogen (secondary N) is 1. The van der Waals surface area contributed by atoms with Crippen LogP contribution < -0.4 is 5.32 Å². The van der Waals surface area contributed by atoms with E-state index in [0.717, 1.165) is 17.7 Å². The van der Waals surface area contributed by atoms with Crippen LogP contribution in [0.2, 0.25) is 0 Å². The molecule has 0 radical (unpaired) electrons. The lowest BCUT2D eigenvalue weighted by Crippen LogP contribution is -2.06. The highest BCUT2D eigenvalue weighted by Crippen LogP contribution is 2.21. The molecular formula is C13H16FN3. The average Bonchev–Trinajstić information content (AvgIpc) is 2.80. The third kappa shape index (κ3) is 2.53. The molecule has 0 saturated carbocycles. The first-order chi connectivity index (χ1) is 8.24. The van der Waals surface area contributed by atoms with Gasteiger partial charge in [0.25, 0.3) is 0 Å². The Kier molecular flexibility index (Phi) is 3.54. The van der Waals surface area contributed by atoms with E-state index in [4.69, 9.17) is 0 Å². The molecule has 3 nitrogen and oxygen atoms in total. The normalized spacial score (nSPS) is 10.8. The molecule has 2 aromatic rings. The van der Waals surface area contributed by atoms with Crippen molar-refractivity contribution in [2.24, 2.45) is 0 Å². The minimum Gasteiger partial charge on any atom is -0.316 e. The lowest BCUT2D eigenvalue weighted by molar-refractivity contribution is 0.601. The van der Waals surface area contributed by atoms with Gasteiger partial charge in [0, 0.05) is 30.4 Å². The monoisotopic (exact) mass is 233 g/mol. The SMILES string of the molecule is CCn1cc(-c2ccc(CNC)c(F)c2)cn1. The van der Waals surface area contributed by atoms with Crippen LogP contribution in [0.4, 0.5) is 4.39 Å². The number of hydrogen-bond donors (Lipinski definition) is 1. The fourth-order valence-electron chi connectivity index (χ4n) is 1.75. The van der Waals surface area contributed by atoms with Crippen LogP contribution in [-0.2, 0) is 13.1 Å². The van der Waals surface area contributed by atoms with E-state index in [9.17, 15) is 4.39 Å². The molecule has 0 aliphatic heterocycles. The second-order valence-electron chi connectivity index (χ2n) is 3.92. The van der Waals surface area contributed by atoms with E-state index in [0.29, 0.717) is 12.1 Å². The molecule has 0 fully saturated rings. The number of aryl methyl sites for hydroxylation is 1. The summed E-state index contributed by atoms with van der Waals surface area (Å²) in [5.74, 6) is -0.180. The van der Waals surface area contributed by atoms with Gasteiger partial charge in [0.2, 0.25) is 0 Å². The zero-order chi connectivity index (χ0) is 12.3. The Morgan fingerprint density at radius 3 is 2.76 bits per heavy atom. The highest BCUT2D eigenvalue weighted by molar-refractivity contribution is 5.62. The highest BCUT2D eigenvalue weighted by Gasteiger charge is 2.06. The van der Waals surface area contributed by atoms with E-state index in [1.165, 1.54) is 0 Å². The second kappa shape index (κ2) is 5.10. The van der Waals surface area contributed by atoms with Crippen LogP contribution in [0.25, 0.3) is 11.1 Å². The van der Waals surface area contributed by atoms with Crippen molar-refractivity contribution in [2.45, 2.75) is 20.0 Å². The van der Waals surface area contributed by atoms with Gasteiger partial charge in [0.15, 0.2) is 0 Å². The van der Waals surface area contributed by atoms with Gasteiger partial charge < -0.3 is 5.32 Å². The maximum absolute atomic E-state index is 13.7. The van der Waals surface area contributed by atoms with Crippen molar-refractivity contribution in [1.82, 2.24) is 15.1 Å². The molecule has 0 amide bonds. The summed E-state index contributed by atoms with van der Waals surface area (Å²) >= 11 is 0. The maximum atomic E-state index is 13.7. The Bertz CT molecular complexity index is 505. The van der Waals surface area contributed by atoms with Gasteiger partial charge in [0.05, 0.1) is 6.20 Å². The molecule has 1 aromatic heterocycles. The van der Waals surface area contributed by atoms with Gasteiger partial charge in [-0.1, -0.05) is 12.1 Å². The van der Waals surface area contributed by atoms with E-state index in [1.807, 2.05) is 29.9 Å². The first kappa shape index (κ1) is 11.8. The van der Waals surface area contributed by atoms with Gasteiger partial charge in [-0.15, -0.1) is 0 Å². The summed E-state index contributed by atoms with van der Waals surface area (Å²) in [6, 6.07) is 5.29. The number of aromatic nitrogens is 2. The van der Waals surface area contributed by atoms with E-state index in [-0.39, 0.29) is 5.82 Å². The van der Waals surface area contributed by atoms with Gasteiger partial charge >= 0.3 is 0 Å². The molecule has 0 aliphatic carbocycles. The molecule has 1 N–H and O–H groups in total. The van der Waals surface area contributed by atoms with Crippen LogP contribution in [0.1, 0.15) is 12.5 Å². The van der Waals surface area contributed by atoms with Gasteiger partial charge in [-0.05, 0) is 25.6 Å². The molecule has 0 spiro atoms. The molecule has 2 rings (SSSR count). The predicted octanol–water partition coefficient (Wildman–Crippen LogP) is 2.43. The molecule has 90 valence electrons. The van der Waals surface area contributed by atoms with E-state index in [1.54, 1.807) is 19.3 Å². The van der Waals surface area contributed by atoms with E-state index in [2.05, 4.69) is 10.4 Å². The highest BCUT2D eigenvalue weighted by atomic mass is 19.1. The predicted molar refractivity (Wildman–Crippen MR) is 66.1 cm³/mol. The third-order valence-corrected chi connectivity index (χ3v) is 2.71. The Labute approximate surface area is 100 Å². The topological polar surface area (TPSA) is 29.9 Å². The van der Waals surface area contributed by atoms with Crippen LogP contribution in [-0.4, -0.2) is 16.8 Å². The largest absolute Gasteiger partial charge is 0.316 e. The number of hydrogen-bond acceptors (Lipinski definition) is 2. The van der Waals surface area contributed by atoms with Crippen molar-refractivity contribution in [3.05, 3.63) is 42.0 Å². The Hall–Kier alpha value is -1.68. The Morgan fingerprint density at radius 1 is 1.35 bits per heavy atom. The minimum atomic E-state index is -0.180. The molecule has 4 heteroatoms. The van der Waals surface area contributed by atoms with Crippen molar-refractivity contribution >= 4 is 0 Å². The zero-order valence-corrected chi connectivity index (χ0v) is 10.1. The first-order valence-electron chi connectivity index (χ1n) is 5.70. The van der Waals surface area contributed by atoms with Crippen LogP contribution in [0.5, 0.6) is 0 Å². The van der Waals surface area contributed by atoms with Crippen molar-refractivity contribution in [3.63, 3.8) is 0 Å². The smallest absolute Gasteiger partial charge is 0.128 e. The Morgan fingerprint density at radius 2 is 2.18 bits per heavy atom. The van der Waals surface area contributed by atoms with Gasteiger partial charge in [-0.2, -0.15) is 5.10 Å². The molecule has 0 unspecified atom stereocenters. The number of rotatable bonds is 4. The van der Waals surface area contributed by atoms with Crippen LogP contribution in [0.15, 0.2) is 30.6 Å². The van der Waals surface area contributed by atoms with Crippen molar-refractivity contribution in [3.8, 4) is 11.1 Å². The zero-order valence-electron chi connectivity index (χ0n) is 10.1. The standard InChI is InChI=1S/C13H16FN3/c1-3-17-9-12(8-16-17)10-4-5-11(7-15-2)13(14)6-10/h4-6,8-9,15H,3,7H2,1-2H3. The summed E-state index contributed by atoms with van der Waals surface area (Å²) in [4.78, 5) is 0. The van der Waals surface area contributed by atoms with Crippen molar-refractivity contribution in [2.75, 3.05) is 7.05 Å². The quantitative estimate of drug-likeness (QED) is 0.879. The second-order valence-corrected chi connectivity index (χ2v) is 3.92. The fourth-order valence-corrected chi connectivity index (χ4v) is 1.75. The summed E-state index contributed by atoms with van der Waals surface area (Å²) in [7, 11) is 1.80. The molecule has 17 heavy (non-hydrogen) atoms. The van der Waals surface area contributed by atoms with Crippen molar-refractivity contribution < 1.29 is 4.39 Å². The number of halogens is 1. The molecule has 0 aliphatic rings.